The molecule has 0 bridgehead atoms. The number of rotatable bonds is 4. The van der Waals surface area contributed by atoms with Crippen molar-refractivity contribution in [1.29, 1.82) is 0 Å². The zero-order chi connectivity index (χ0) is 13.9. The summed E-state index contributed by atoms with van der Waals surface area (Å²) in [6, 6.07) is 12.4. The van der Waals surface area contributed by atoms with Gasteiger partial charge in [0.15, 0.2) is 0 Å². The summed E-state index contributed by atoms with van der Waals surface area (Å²) in [7, 11) is 0. The minimum Gasteiger partial charge on any atom is -0.385 e. The summed E-state index contributed by atoms with van der Waals surface area (Å²) in [5, 5.41) is 3.37. The van der Waals surface area contributed by atoms with E-state index in [4.69, 9.17) is 0 Å². The Kier molecular flexibility index (Phi) is 3.88. The maximum Gasteiger partial charge on any atom is 0.145 e. The van der Waals surface area contributed by atoms with E-state index in [-0.39, 0.29) is 5.92 Å². The lowest BCUT2D eigenvalue weighted by Crippen LogP contribution is -2.23. The molecule has 2 heterocycles. The molecule has 0 fully saturated rings. The van der Waals surface area contributed by atoms with Crippen molar-refractivity contribution in [3.05, 3.63) is 51.7 Å². The van der Waals surface area contributed by atoms with Crippen LogP contribution in [0.5, 0.6) is 0 Å². The first-order valence-corrected chi connectivity index (χ1v) is 8.02. The predicted molar refractivity (Wildman–Crippen MR) is 84.7 cm³/mol. The summed E-state index contributed by atoms with van der Waals surface area (Å²) < 4.78 is 0. The van der Waals surface area contributed by atoms with Crippen LogP contribution in [0.1, 0.15) is 34.6 Å². The Bertz CT molecular complexity index is 617. The van der Waals surface area contributed by atoms with Crippen molar-refractivity contribution in [3.8, 4) is 0 Å². The van der Waals surface area contributed by atoms with Crippen LogP contribution in [-0.2, 0) is 17.6 Å². The van der Waals surface area contributed by atoms with Gasteiger partial charge in [-0.25, -0.2) is 0 Å². The highest BCUT2D eigenvalue weighted by Crippen LogP contribution is 2.33. The number of hydrogen-bond donors (Lipinski definition) is 1. The van der Waals surface area contributed by atoms with Gasteiger partial charge >= 0.3 is 0 Å². The number of anilines is 1. The zero-order valence-electron chi connectivity index (χ0n) is 11.7. The third-order valence-corrected chi connectivity index (χ3v) is 5.12. The molecule has 0 aliphatic carbocycles. The number of nitrogens with one attached hydrogen (secondary N) is 1. The van der Waals surface area contributed by atoms with Gasteiger partial charge in [0.05, 0.1) is 0 Å². The van der Waals surface area contributed by atoms with Crippen LogP contribution in [0, 0.1) is 0 Å². The number of thiophene rings is 1. The molecule has 2 aromatic rings. The van der Waals surface area contributed by atoms with Gasteiger partial charge < -0.3 is 5.32 Å². The molecular formula is C17H19NOS. The van der Waals surface area contributed by atoms with E-state index >= 15 is 0 Å². The highest BCUT2D eigenvalue weighted by molar-refractivity contribution is 7.12. The molecular weight excluding hydrogens is 266 g/mol. The molecule has 104 valence electrons. The predicted octanol–water partition coefficient (Wildman–Crippen LogP) is 4.02. The Hall–Kier alpha value is -1.61. The Morgan fingerprint density at radius 1 is 1.25 bits per heavy atom. The number of fused-ring (bicyclic) bond motifs is 1. The van der Waals surface area contributed by atoms with Crippen LogP contribution in [-0.4, -0.2) is 12.3 Å². The number of benzene rings is 1. The van der Waals surface area contributed by atoms with Crippen molar-refractivity contribution in [3.63, 3.8) is 0 Å². The van der Waals surface area contributed by atoms with Gasteiger partial charge in [-0.1, -0.05) is 25.1 Å². The fourth-order valence-electron chi connectivity index (χ4n) is 2.81. The largest absolute Gasteiger partial charge is 0.385 e. The number of hydrogen-bond acceptors (Lipinski definition) is 3. The normalized spacial score (nSPS) is 17.4. The first-order valence-electron chi connectivity index (χ1n) is 7.21. The van der Waals surface area contributed by atoms with Gasteiger partial charge in [0.25, 0.3) is 0 Å². The maximum absolute atomic E-state index is 12.6. The number of aryl methyl sites for hydroxylation is 1. The van der Waals surface area contributed by atoms with E-state index in [1.807, 2.05) is 12.1 Å². The third-order valence-electron chi connectivity index (χ3n) is 3.89. The van der Waals surface area contributed by atoms with Gasteiger partial charge in [0.1, 0.15) is 5.78 Å². The van der Waals surface area contributed by atoms with E-state index < -0.39 is 0 Å². The SMILES string of the molecule is CCc1ccc(CC(=O)C2CCNc3ccccc32)s1. The van der Waals surface area contributed by atoms with E-state index in [9.17, 15) is 4.79 Å². The van der Waals surface area contributed by atoms with Gasteiger partial charge in [0.2, 0.25) is 0 Å². The lowest BCUT2D eigenvalue weighted by atomic mass is 9.86. The fraction of sp³-hybridized carbons (Fsp3) is 0.353. The van der Waals surface area contributed by atoms with Crippen molar-refractivity contribution in [2.45, 2.75) is 32.1 Å². The standard InChI is InChI=1S/C17H19NOS/c1-2-12-7-8-13(20-12)11-17(19)15-9-10-18-16-6-4-3-5-14(15)16/h3-8,15,18H,2,9-11H2,1H3. The molecule has 1 aromatic heterocycles. The molecule has 1 N–H and O–H groups in total. The molecule has 0 spiro atoms. The van der Waals surface area contributed by atoms with Gasteiger partial charge in [0, 0.05) is 34.3 Å². The fourth-order valence-corrected chi connectivity index (χ4v) is 3.77. The Balaban J connectivity index is 1.78. The molecule has 1 aromatic carbocycles. The maximum atomic E-state index is 12.6. The quantitative estimate of drug-likeness (QED) is 0.919. The number of ketones is 1. The monoisotopic (exact) mass is 285 g/mol. The van der Waals surface area contributed by atoms with Crippen LogP contribution in [0.3, 0.4) is 0 Å². The minimum atomic E-state index is 0.0552. The van der Waals surface area contributed by atoms with Crippen molar-refractivity contribution in [2.24, 2.45) is 0 Å². The number of carbonyl (C=O) groups is 1. The lowest BCUT2D eigenvalue weighted by molar-refractivity contribution is -0.119. The summed E-state index contributed by atoms with van der Waals surface area (Å²) in [5.74, 6) is 0.406. The van der Waals surface area contributed by atoms with Crippen LogP contribution >= 0.6 is 11.3 Å². The molecule has 1 unspecified atom stereocenters. The van der Waals surface area contributed by atoms with Crippen molar-refractivity contribution >= 4 is 22.8 Å². The molecule has 3 rings (SSSR count). The van der Waals surface area contributed by atoms with Gasteiger partial charge in [-0.15, -0.1) is 11.3 Å². The Morgan fingerprint density at radius 2 is 2.05 bits per heavy atom. The average Bonchev–Trinajstić information content (AvgIpc) is 2.94. The molecule has 20 heavy (non-hydrogen) atoms. The van der Waals surface area contributed by atoms with E-state index in [1.54, 1.807) is 11.3 Å². The van der Waals surface area contributed by atoms with Crippen LogP contribution in [0.25, 0.3) is 0 Å². The first kappa shape index (κ1) is 13.4. The highest BCUT2D eigenvalue weighted by Gasteiger charge is 2.26. The molecule has 3 heteroatoms. The minimum absolute atomic E-state index is 0.0552. The Labute approximate surface area is 123 Å². The number of Topliss-reactive ketones (excluding diaryl/α,β-unsaturated/α-hetero) is 1. The van der Waals surface area contributed by atoms with Crippen LogP contribution in [0.2, 0.25) is 0 Å². The second kappa shape index (κ2) is 5.80. The van der Waals surface area contributed by atoms with Gasteiger partial charge in [-0.2, -0.15) is 0 Å². The summed E-state index contributed by atoms with van der Waals surface area (Å²) in [5.41, 5.74) is 2.29. The molecule has 0 radical (unpaired) electrons. The van der Waals surface area contributed by atoms with Crippen molar-refractivity contribution in [1.82, 2.24) is 0 Å². The molecule has 1 aliphatic heterocycles. The summed E-state index contributed by atoms with van der Waals surface area (Å²) in [6.07, 6.45) is 2.53. The van der Waals surface area contributed by atoms with E-state index in [2.05, 4.69) is 36.5 Å². The van der Waals surface area contributed by atoms with Crippen molar-refractivity contribution < 1.29 is 4.79 Å². The highest BCUT2D eigenvalue weighted by atomic mass is 32.1. The van der Waals surface area contributed by atoms with E-state index in [1.165, 1.54) is 9.75 Å². The smallest absolute Gasteiger partial charge is 0.145 e. The molecule has 2 nitrogen and oxygen atoms in total. The van der Waals surface area contributed by atoms with Gasteiger partial charge in [-0.3, -0.25) is 4.79 Å². The topological polar surface area (TPSA) is 29.1 Å². The second-order valence-electron chi connectivity index (χ2n) is 5.22. The molecule has 0 saturated carbocycles. The average molecular weight is 285 g/mol. The van der Waals surface area contributed by atoms with Crippen molar-refractivity contribution in [2.75, 3.05) is 11.9 Å². The summed E-state index contributed by atoms with van der Waals surface area (Å²) >= 11 is 1.77. The molecule has 1 aliphatic rings. The molecule has 1 atom stereocenters. The first-order chi connectivity index (χ1) is 9.78. The van der Waals surface area contributed by atoms with E-state index in [0.717, 1.165) is 30.6 Å². The summed E-state index contributed by atoms with van der Waals surface area (Å²) in [6.45, 7) is 3.04. The summed E-state index contributed by atoms with van der Waals surface area (Å²) in [4.78, 5) is 15.2. The number of para-hydroxylation sites is 1. The number of carbonyl (C=O) groups excluding carboxylic acids is 1. The molecule has 0 amide bonds. The Morgan fingerprint density at radius 3 is 2.85 bits per heavy atom. The molecule has 0 saturated heterocycles. The lowest BCUT2D eigenvalue weighted by Gasteiger charge is -2.25. The van der Waals surface area contributed by atoms with Crippen LogP contribution < -0.4 is 5.32 Å². The zero-order valence-corrected chi connectivity index (χ0v) is 12.5. The van der Waals surface area contributed by atoms with Gasteiger partial charge in [-0.05, 0) is 36.6 Å². The third kappa shape index (κ3) is 2.63. The van der Waals surface area contributed by atoms with Crippen LogP contribution in [0.15, 0.2) is 36.4 Å². The van der Waals surface area contributed by atoms with E-state index in [0.29, 0.717) is 12.2 Å². The van der Waals surface area contributed by atoms with Crippen LogP contribution in [0.4, 0.5) is 5.69 Å². The second-order valence-corrected chi connectivity index (χ2v) is 6.47.